The molecule has 2 saturated heterocycles. The fraction of sp³-hybridized carbons (Fsp3) is 0.778. The minimum atomic E-state index is -0.564. The Balaban J connectivity index is 1.74. The van der Waals surface area contributed by atoms with Crippen molar-refractivity contribution in [1.82, 2.24) is 10.2 Å². The van der Waals surface area contributed by atoms with E-state index in [2.05, 4.69) is 10.2 Å². The number of nitrogens with one attached hydrogen (secondary N) is 1. The van der Waals surface area contributed by atoms with Crippen LogP contribution in [0.25, 0.3) is 0 Å². The van der Waals surface area contributed by atoms with Crippen LogP contribution in [0.5, 0.6) is 0 Å². The van der Waals surface area contributed by atoms with E-state index < -0.39 is 6.04 Å². The molecule has 1 radical (unpaired) electrons. The fourth-order valence-electron chi connectivity index (χ4n) is 3.35. The van der Waals surface area contributed by atoms with Crippen molar-refractivity contribution in [3.63, 3.8) is 0 Å². The molecule has 0 spiro atoms. The number of rotatable bonds is 9. The average Bonchev–Trinajstić information content (AvgIpc) is 3.19. The largest absolute Gasteiger partial charge is 0.369 e. The Bertz CT molecular complexity index is 491. The van der Waals surface area contributed by atoms with Crippen LogP contribution in [-0.4, -0.2) is 60.9 Å². The van der Waals surface area contributed by atoms with Gasteiger partial charge in [0, 0.05) is 18.9 Å². The third kappa shape index (κ3) is 5.78. The second-order valence-electron chi connectivity index (χ2n) is 7.26. The standard InChI is InChI=1S/C18H30N3O4/c1-12(13(2)18(19)24)6-5-7-16(23)20-17-14(22)11-25-15(17)10-21-8-3-4-9-21/h7,12-13,15,17H,3-6,8-11H2,1-2H3,(H2,19,24)(H,20,23)/t12?,13?,15-,17?/m0/s1. The van der Waals surface area contributed by atoms with Gasteiger partial charge in [-0.3, -0.25) is 14.4 Å². The highest BCUT2D eigenvalue weighted by atomic mass is 16.5. The minimum absolute atomic E-state index is 0.0661. The summed E-state index contributed by atoms with van der Waals surface area (Å²) in [5.41, 5.74) is 5.29. The molecular formula is C18H30N3O4. The molecule has 2 amide bonds. The Labute approximate surface area is 149 Å². The van der Waals surface area contributed by atoms with Gasteiger partial charge in [0.15, 0.2) is 5.78 Å². The van der Waals surface area contributed by atoms with Crippen LogP contribution >= 0.6 is 0 Å². The normalized spacial score (nSPS) is 26.6. The van der Waals surface area contributed by atoms with Crippen LogP contribution in [0.3, 0.4) is 0 Å². The fourth-order valence-corrected chi connectivity index (χ4v) is 3.35. The summed E-state index contributed by atoms with van der Waals surface area (Å²) in [5, 5.41) is 2.79. The van der Waals surface area contributed by atoms with E-state index in [1.54, 1.807) is 13.3 Å². The lowest BCUT2D eigenvalue weighted by molar-refractivity contribution is -0.124. The number of nitrogens with zero attached hydrogens (tertiary/aromatic N) is 1. The summed E-state index contributed by atoms with van der Waals surface area (Å²) < 4.78 is 5.57. The van der Waals surface area contributed by atoms with Gasteiger partial charge >= 0.3 is 0 Å². The first-order chi connectivity index (χ1) is 11.9. The summed E-state index contributed by atoms with van der Waals surface area (Å²) in [6.07, 6.45) is 4.87. The molecule has 0 bridgehead atoms. The molecule has 141 valence electrons. The number of primary amides is 1. The van der Waals surface area contributed by atoms with Crippen LogP contribution in [0, 0.1) is 18.3 Å². The number of Topliss-reactive ketones (excluding diaryl/α,β-unsaturated/α-hetero) is 1. The zero-order chi connectivity index (χ0) is 18.4. The predicted molar refractivity (Wildman–Crippen MR) is 93.4 cm³/mol. The van der Waals surface area contributed by atoms with Crippen molar-refractivity contribution in [2.45, 2.75) is 51.7 Å². The van der Waals surface area contributed by atoms with Gasteiger partial charge in [-0.25, -0.2) is 0 Å². The van der Waals surface area contributed by atoms with E-state index >= 15 is 0 Å². The summed E-state index contributed by atoms with van der Waals surface area (Å²) in [4.78, 5) is 37.6. The molecule has 3 N–H and O–H groups in total. The molecule has 4 atom stereocenters. The Morgan fingerprint density at radius 3 is 2.68 bits per heavy atom. The lowest BCUT2D eigenvalue weighted by atomic mass is 9.90. The Morgan fingerprint density at radius 2 is 2.04 bits per heavy atom. The van der Waals surface area contributed by atoms with Gasteiger partial charge in [-0.15, -0.1) is 0 Å². The van der Waals surface area contributed by atoms with Crippen molar-refractivity contribution in [1.29, 1.82) is 0 Å². The molecular weight excluding hydrogens is 322 g/mol. The van der Waals surface area contributed by atoms with E-state index in [9.17, 15) is 14.4 Å². The number of carbonyl (C=O) groups excluding carboxylic acids is 3. The number of likely N-dealkylation sites (tertiary alicyclic amines) is 1. The molecule has 25 heavy (non-hydrogen) atoms. The molecule has 0 saturated carbocycles. The lowest BCUT2D eigenvalue weighted by Crippen LogP contribution is -2.48. The highest BCUT2D eigenvalue weighted by molar-refractivity contribution is 5.94. The highest BCUT2D eigenvalue weighted by Gasteiger charge is 2.38. The number of amides is 2. The quantitative estimate of drug-likeness (QED) is 0.620. The van der Waals surface area contributed by atoms with Gasteiger partial charge in [-0.05, 0) is 44.7 Å². The number of ketones is 1. The monoisotopic (exact) mass is 352 g/mol. The van der Waals surface area contributed by atoms with Crippen molar-refractivity contribution < 1.29 is 19.1 Å². The molecule has 2 aliphatic rings. The van der Waals surface area contributed by atoms with E-state index in [-0.39, 0.29) is 42.1 Å². The van der Waals surface area contributed by atoms with Crippen molar-refractivity contribution in [3.05, 3.63) is 6.42 Å². The van der Waals surface area contributed by atoms with Crippen LogP contribution in [0.15, 0.2) is 0 Å². The number of nitrogens with two attached hydrogens (primary N) is 1. The van der Waals surface area contributed by atoms with Gasteiger partial charge in [0.25, 0.3) is 0 Å². The zero-order valence-electron chi connectivity index (χ0n) is 15.2. The molecule has 0 aromatic rings. The summed E-state index contributed by atoms with van der Waals surface area (Å²) in [6.45, 7) is 6.54. The van der Waals surface area contributed by atoms with Crippen molar-refractivity contribution >= 4 is 17.6 Å². The van der Waals surface area contributed by atoms with Gasteiger partial charge < -0.3 is 20.7 Å². The third-order valence-electron chi connectivity index (χ3n) is 5.35. The Morgan fingerprint density at radius 1 is 1.36 bits per heavy atom. The van der Waals surface area contributed by atoms with Crippen LogP contribution in [0.4, 0.5) is 0 Å². The molecule has 3 unspecified atom stereocenters. The molecule has 0 aromatic carbocycles. The molecule has 2 aliphatic heterocycles. The van der Waals surface area contributed by atoms with Crippen LogP contribution in [0.2, 0.25) is 0 Å². The van der Waals surface area contributed by atoms with Crippen molar-refractivity contribution in [2.75, 3.05) is 26.2 Å². The molecule has 0 aromatic heterocycles. The number of carbonyl (C=O) groups is 3. The van der Waals surface area contributed by atoms with E-state index in [1.165, 1.54) is 12.8 Å². The summed E-state index contributed by atoms with van der Waals surface area (Å²) >= 11 is 0. The van der Waals surface area contributed by atoms with Crippen molar-refractivity contribution in [3.8, 4) is 0 Å². The number of hydrogen-bond donors (Lipinski definition) is 2. The maximum atomic E-state index is 12.1. The van der Waals surface area contributed by atoms with Crippen LogP contribution in [0.1, 0.15) is 39.5 Å². The van der Waals surface area contributed by atoms with Gasteiger partial charge in [-0.1, -0.05) is 13.8 Å². The lowest BCUT2D eigenvalue weighted by Gasteiger charge is -2.24. The van der Waals surface area contributed by atoms with Gasteiger partial charge in [0.1, 0.15) is 12.6 Å². The summed E-state index contributed by atoms with van der Waals surface area (Å²) in [5.74, 6) is -0.752. The Hall–Kier alpha value is -1.47. The highest BCUT2D eigenvalue weighted by Crippen LogP contribution is 2.18. The van der Waals surface area contributed by atoms with Crippen LogP contribution < -0.4 is 11.1 Å². The van der Waals surface area contributed by atoms with E-state index in [0.29, 0.717) is 19.4 Å². The Kier molecular flexibility index (Phi) is 7.38. The SMILES string of the molecule is CC(CC[CH]C(=O)NC1C(=O)CO[C@H]1CN1CCCC1)C(C)C(N)=O. The third-order valence-corrected chi connectivity index (χ3v) is 5.35. The van der Waals surface area contributed by atoms with Gasteiger partial charge in [-0.2, -0.15) is 0 Å². The maximum absolute atomic E-state index is 12.1. The number of ether oxygens (including phenoxy) is 1. The zero-order valence-corrected chi connectivity index (χ0v) is 15.2. The molecule has 2 fully saturated rings. The topological polar surface area (TPSA) is 102 Å². The van der Waals surface area contributed by atoms with Gasteiger partial charge in [0.2, 0.25) is 11.8 Å². The predicted octanol–water partition coefficient (Wildman–Crippen LogP) is 0.277. The number of hydrogen-bond acceptors (Lipinski definition) is 5. The summed E-state index contributed by atoms with van der Waals surface area (Å²) in [7, 11) is 0. The van der Waals surface area contributed by atoms with Crippen molar-refractivity contribution in [2.24, 2.45) is 17.6 Å². The molecule has 0 aliphatic carbocycles. The summed E-state index contributed by atoms with van der Waals surface area (Å²) in [6, 6.07) is -0.564. The van der Waals surface area contributed by atoms with E-state index in [0.717, 1.165) is 13.1 Å². The second-order valence-corrected chi connectivity index (χ2v) is 7.26. The van der Waals surface area contributed by atoms with E-state index in [1.807, 2.05) is 6.92 Å². The minimum Gasteiger partial charge on any atom is -0.369 e. The van der Waals surface area contributed by atoms with Gasteiger partial charge in [0.05, 0.1) is 6.10 Å². The molecule has 7 nitrogen and oxygen atoms in total. The first kappa shape index (κ1) is 19.8. The van der Waals surface area contributed by atoms with E-state index in [4.69, 9.17) is 10.5 Å². The first-order valence-electron chi connectivity index (χ1n) is 9.18. The average molecular weight is 352 g/mol. The second kappa shape index (κ2) is 9.29. The maximum Gasteiger partial charge on any atom is 0.224 e. The first-order valence-corrected chi connectivity index (χ1v) is 9.18. The molecule has 2 heterocycles. The van der Waals surface area contributed by atoms with Crippen LogP contribution in [-0.2, 0) is 19.1 Å². The molecule has 7 heteroatoms. The molecule has 2 rings (SSSR count). The smallest absolute Gasteiger partial charge is 0.224 e.